The Labute approximate surface area is 109 Å². The standard InChI is InChI=1S/C11H13N5OS/c1-8-14-15-11(18-7-10(17)13-12)16(8)9-5-3-2-4-6-9/h2-6H,7,12H2,1H3,(H,13,17). The molecule has 0 bridgehead atoms. The highest BCUT2D eigenvalue weighted by atomic mass is 32.2. The van der Waals surface area contributed by atoms with E-state index in [4.69, 9.17) is 5.84 Å². The van der Waals surface area contributed by atoms with Crippen LogP contribution in [0.3, 0.4) is 0 Å². The molecule has 0 aliphatic carbocycles. The van der Waals surface area contributed by atoms with Crippen molar-refractivity contribution in [3.63, 3.8) is 0 Å². The molecule has 94 valence electrons. The van der Waals surface area contributed by atoms with E-state index in [0.29, 0.717) is 5.16 Å². The summed E-state index contributed by atoms with van der Waals surface area (Å²) in [6.45, 7) is 1.87. The van der Waals surface area contributed by atoms with Crippen molar-refractivity contribution in [1.82, 2.24) is 20.2 Å². The second-order valence-electron chi connectivity index (χ2n) is 3.56. The predicted molar refractivity (Wildman–Crippen MR) is 69.2 cm³/mol. The van der Waals surface area contributed by atoms with Crippen LogP contribution in [0, 0.1) is 6.92 Å². The summed E-state index contributed by atoms with van der Waals surface area (Å²) >= 11 is 1.29. The number of hydrogen-bond acceptors (Lipinski definition) is 5. The first kappa shape index (κ1) is 12.6. The summed E-state index contributed by atoms with van der Waals surface area (Å²) in [5.41, 5.74) is 3.05. The number of amides is 1. The van der Waals surface area contributed by atoms with Gasteiger partial charge in [0.1, 0.15) is 5.82 Å². The van der Waals surface area contributed by atoms with Gasteiger partial charge in [0.15, 0.2) is 5.16 Å². The van der Waals surface area contributed by atoms with Crippen molar-refractivity contribution in [1.29, 1.82) is 0 Å². The summed E-state index contributed by atoms with van der Waals surface area (Å²) in [5.74, 6) is 5.77. The van der Waals surface area contributed by atoms with Gasteiger partial charge < -0.3 is 0 Å². The van der Waals surface area contributed by atoms with E-state index >= 15 is 0 Å². The number of rotatable bonds is 4. The number of nitrogens with one attached hydrogen (secondary N) is 1. The van der Waals surface area contributed by atoms with Gasteiger partial charge in [-0.3, -0.25) is 14.8 Å². The first-order chi connectivity index (χ1) is 8.72. The van der Waals surface area contributed by atoms with Crippen LogP contribution in [-0.4, -0.2) is 26.4 Å². The molecule has 1 aromatic heterocycles. The van der Waals surface area contributed by atoms with Gasteiger partial charge in [-0.25, -0.2) is 5.84 Å². The Morgan fingerprint density at radius 3 is 2.78 bits per heavy atom. The zero-order valence-corrected chi connectivity index (χ0v) is 10.6. The SMILES string of the molecule is Cc1nnc(SCC(=O)NN)n1-c1ccccc1. The maximum absolute atomic E-state index is 11.1. The van der Waals surface area contributed by atoms with E-state index in [0.717, 1.165) is 11.5 Å². The molecule has 0 radical (unpaired) electrons. The van der Waals surface area contributed by atoms with Crippen LogP contribution in [0.4, 0.5) is 0 Å². The van der Waals surface area contributed by atoms with Crippen LogP contribution in [0.1, 0.15) is 5.82 Å². The Bertz CT molecular complexity index is 540. The van der Waals surface area contributed by atoms with Crippen LogP contribution in [0.25, 0.3) is 5.69 Å². The molecule has 0 saturated heterocycles. The number of nitrogens with two attached hydrogens (primary N) is 1. The van der Waals surface area contributed by atoms with E-state index in [9.17, 15) is 4.79 Å². The molecule has 3 N–H and O–H groups in total. The third-order valence-electron chi connectivity index (χ3n) is 2.30. The number of benzene rings is 1. The monoisotopic (exact) mass is 263 g/mol. The Hall–Kier alpha value is -1.86. The van der Waals surface area contributed by atoms with Crippen molar-refractivity contribution in [3.8, 4) is 5.69 Å². The average molecular weight is 263 g/mol. The maximum Gasteiger partial charge on any atom is 0.244 e. The Morgan fingerprint density at radius 1 is 1.39 bits per heavy atom. The van der Waals surface area contributed by atoms with Crippen molar-refractivity contribution >= 4 is 17.7 Å². The molecule has 1 aromatic carbocycles. The molecule has 1 heterocycles. The van der Waals surface area contributed by atoms with Crippen LogP contribution in [-0.2, 0) is 4.79 Å². The topological polar surface area (TPSA) is 85.8 Å². The molecule has 0 fully saturated rings. The minimum atomic E-state index is -0.250. The lowest BCUT2D eigenvalue weighted by Crippen LogP contribution is -2.31. The lowest BCUT2D eigenvalue weighted by molar-refractivity contribution is -0.118. The second kappa shape index (κ2) is 5.65. The molecule has 18 heavy (non-hydrogen) atoms. The highest BCUT2D eigenvalue weighted by Crippen LogP contribution is 2.21. The van der Waals surface area contributed by atoms with Crippen molar-refractivity contribution in [2.75, 3.05) is 5.75 Å². The third-order valence-corrected chi connectivity index (χ3v) is 3.23. The van der Waals surface area contributed by atoms with Gasteiger partial charge in [0.2, 0.25) is 5.91 Å². The molecule has 6 nitrogen and oxygen atoms in total. The number of nitrogens with zero attached hydrogens (tertiary/aromatic N) is 3. The van der Waals surface area contributed by atoms with Gasteiger partial charge in [0.05, 0.1) is 5.75 Å². The normalized spacial score (nSPS) is 10.3. The fraction of sp³-hybridized carbons (Fsp3) is 0.182. The molecule has 0 spiro atoms. The van der Waals surface area contributed by atoms with E-state index in [1.807, 2.05) is 41.8 Å². The van der Waals surface area contributed by atoms with Gasteiger partial charge >= 0.3 is 0 Å². The Kier molecular flexibility index (Phi) is 3.96. The van der Waals surface area contributed by atoms with Crippen LogP contribution >= 0.6 is 11.8 Å². The molecule has 0 unspecified atom stereocenters. The van der Waals surface area contributed by atoms with Gasteiger partial charge in [-0.05, 0) is 19.1 Å². The number of aromatic nitrogens is 3. The smallest absolute Gasteiger partial charge is 0.244 e. The first-order valence-corrected chi connectivity index (χ1v) is 6.30. The van der Waals surface area contributed by atoms with E-state index < -0.39 is 0 Å². The van der Waals surface area contributed by atoms with Gasteiger partial charge in [-0.2, -0.15) is 0 Å². The van der Waals surface area contributed by atoms with Gasteiger partial charge in [0.25, 0.3) is 0 Å². The fourth-order valence-corrected chi connectivity index (χ4v) is 2.29. The largest absolute Gasteiger partial charge is 0.294 e. The van der Waals surface area contributed by atoms with E-state index in [-0.39, 0.29) is 11.7 Å². The van der Waals surface area contributed by atoms with Crippen molar-refractivity contribution < 1.29 is 4.79 Å². The van der Waals surface area contributed by atoms with Gasteiger partial charge in [0, 0.05) is 5.69 Å². The lowest BCUT2D eigenvalue weighted by atomic mass is 10.3. The highest BCUT2D eigenvalue weighted by Gasteiger charge is 2.12. The molecule has 2 rings (SSSR count). The number of hydrazine groups is 1. The zero-order chi connectivity index (χ0) is 13.0. The fourth-order valence-electron chi connectivity index (χ4n) is 1.48. The average Bonchev–Trinajstić information content (AvgIpc) is 2.78. The zero-order valence-electron chi connectivity index (χ0n) is 9.83. The number of thioether (sulfide) groups is 1. The third kappa shape index (κ3) is 2.69. The molecule has 0 saturated carbocycles. The summed E-state index contributed by atoms with van der Waals surface area (Å²) in [7, 11) is 0. The number of carbonyl (C=O) groups excluding carboxylic acids is 1. The second-order valence-corrected chi connectivity index (χ2v) is 4.50. The molecule has 2 aromatic rings. The summed E-state index contributed by atoms with van der Waals surface area (Å²) in [5, 5.41) is 8.75. The van der Waals surface area contributed by atoms with Gasteiger partial charge in [-0.15, -0.1) is 10.2 Å². The minimum Gasteiger partial charge on any atom is -0.294 e. The van der Waals surface area contributed by atoms with Gasteiger partial charge in [-0.1, -0.05) is 30.0 Å². The summed E-state index contributed by atoms with van der Waals surface area (Å²) in [6.07, 6.45) is 0. The lowest BCUT2D eigenvalue weighted by Gasteiger charge is -2.07. The maximum atomic E-state index is 11.1. The van der Waals surface area contributed by atoms with Crippen LogP contribution in [0.5, 0.6) is 0 Å². The summed E-state index contributed by atoms with van der Waals surface area (Å²) in [4.78, 5) is 11.1. The van der Waals surface area contributed by atoms with Crippen molar-refractivity contribution in [3.05, 3.63) is 36.2 Å². The van der Waals surface area contributed by atoms with Crippen molar-refractivity contribution in [2.24, 2.45) is 5.84 Å². The molecule has 0 aliphatic rings. The van der Waals surface area contributed by atoms with Crippen LogP contribution in [0.15, 0.2) is 35.5 Å². The summed E-state index contributed by atoms with van der Waals surface area (Å²) in [6, 6.07) is 9.75. The molecule has 0 atom stereocenters. The van der Waals surface area contributed by atoms with Crippen LogP contribution < -0.4 is 11.3 Å². The summed E-state index contributed by atoms with van der Waals surface area (Å²) < 4.78 is 1.90. The number of hydrogen-bond donors (Lipinski definition) is 2. The Morgan fingerprint density at radius 2 is 2.11 bits per heavy atom. The molecule has 0 aliphatic heterocycles. The molecular formula is C11H13N5OS. The van der Waals surface area contributed by atoms with E-state index in [2.05, 4.69) is 15.6 Å². The van der Waals surface area contributed by atoms with Crippen molar-refractivity contribution in [2.45, 2.75) is 12.1 Å². The van der Waals surface area contributed by atoms with E-state index in [1.165, 1.54) is 11.8 Å². The predicted octanol–water partition coefficient (Wildman–Crippen LogP) is 0.658. The number of para-hydroxylation sites is 1. The first-order valence-electron chi connectivity index (χ1n) is 5.32. The highest BCUT2D eigenvalue weighted by molar-refractivity contribution is 7.99. The number of aryl methyl sites for hydroxylation is 1. The Balaban J connectivity index is 2.25. The number of carbonyl (C=O) groups is 1. The quantitative estimate of drug-likeness (QED) is 0.366. The molecule has 7 heteroatoms. The minimum absolute atomic E-state index is 0.210. The molecule has 1 amide bonds. The molecular weight excluding hydrogens is 250 g/mol. The van der Waals surface area contributed by atoms with E-state index in [1.54, 1.807) is 0 Å². The van der Waals surface area contributed by atoms with Crippen LogP contribution in [0.2, 0.25) is 0 Å².